The second-order valence-electron chi connectivity index (χ2n) is 6.66. The molecule has 6 nitrogen and oxygen atoms in total. The Labute approximate surface area is 154 Å². The maximum absolute atomic E-state index is 13.0. The van der Waals surface area contributed by atoms with Crippen LogP contribution in [-0.4, -0.2) is 36.2 Å². The molecule has 1 amide bonds. The van der Waals surface area contributed by atoms with Crippen LogP contribution in [0.1, 0.15) is 42.1 Å². The van der Waals surface area contributed by atoms with E-state index in [4.69, 9.17) is 0 Å². The highest BCUT2D eigenvalue weighted by atomic mass is 32.2. The van der Waals surface area contributed by atoms with Crippen LogP contribution in [0.5, 0.6) is 0 Å². The largest absolute Gasteiger partial charge is 0.307 e. The predicted molar refractivity (Wildman–Crippen MR) is 101 cm³/mol. The number of sulfonamides is 1. The number of piperidine rings is 1. The summed E-state index contributed by atoms with van der Waals surface area (Å²) in [5, 5.41) is 2.69. The predicted octanol–water partition coefficient (Wildman–Crippen LogP) is 3.21. The fourth-order valence-electron chi connectivity index (χ4n) is 3.09. The number of hydrogen-bond acceptors (Lipinski definition) is 4. The van der Waals surface area contributed by atoms with Gasteiger partial charge in [0.15, 0.2) is 0 Å². The van der Waals surface area contributed by atoms with Crippen molar-refractivity contribution in [3.8, 4) is 0 Å². The molecule has 0 radical (unpaired) electrons. The second-order valence-corrected chi connectivity index (χ2v) is 8.55. The highest BCUT2D eigenvalue weighted by molar-refractivity contribution is 7.89. The molecule has 1 atom stereocenters. The summed E-state index contributed by atoms with van der Waals surface area (Å²) in [7, 11) is -3.61. The Morgan fingerprint density at radius 2 is 2.04 bits per heavy atom. The van der Waals surface area contributed by atoms with E-state index < -0.39 is 10.0 Å². The average Bonchev–Trinajstić information content (AvgIpc) is 2.64. The normalized spacial score (nSPS) is 18.5. The van der Waals surface area contributed by atoms with Crippen molar-refractivity contribution in [2.45, 2.75) is 44.0 Å². The molecular weight excluding hydrogens is 350 g/mol. The quantitative estimate of drug-likeness (QED) is 0.892. The van der Waals surface area contributed by atoms with Gasteiger partial charge in [0.2, 0.25) is 10.0 Å². The van der Waals surface area contributed by atoms with Gasteiger partial charge in [-0.25, -0.2) is 13.4 Å². The van der Waals surface area contributed by atoms with Crippen LogP contribution in [0.3, 0.4) is 0 Å². The molecule has 1 saturated heterocycles. The van der Waals surface area contributed by atoms with Crippen LogP contribution < -0.4 is 5.32 Å². The molecule has 1 aromatic carbocycles. The van der Waals surface area contributed by atoms with Crippen molar-refractivity contribution in [2.24, 2.45) is 0 Å². The van der Waals surface area contributed by atoms with Gasteiger partial charge in [0.05, 0.1) is 4.90 Å². The summed E-state index contributed by atoms with van der Waals surface area (Å²) in [5.41, 5.74) is 1.28. The zero-order valence-corrected chi connectivity index (χ0v) is 15.8. The van der Waals surface area contributed by atoms with Crippen LogP contribution in [0.2, 0.25) is 0 Å². The monoisotopic (exact) mass is 373 g/mol. The maximum atomic E-state index is 13.0. The van der Waals surface area contributed by atoms with Crippen molar-refractivity contribution in [1.82, 2.24) is 9.29 Å². The molecule has 0 bridgehead atoms. The van der Waals surface area contributed by atoms with Gasteiger partial charge in [-0.1, -0.05) is 18.6 Å². The number of aromatic nitrogens is 1. The zero-order valence-electron chi connectivity index (χ0n) is 15.0. The molecule has 138 valence electrons. The van der Waals surface area contributed by atoms with Gasteiger partial charge in [0.1, 0.15) is 5.82 Å². The first-order chi connectivity index (χ1) is 12.4. The Balaban J connectivity index is 1.83. The molecule has 2 aromatic rings. The van der Waals surface area contributed by atoms with Crippen LogP contribution in [0, 0.1) is 6.92 Å². The molecule has 3 rings (SSSR count). The second kappa shape index (κ2) is 7.55. The number of rotatable bonds is 4. The Morgan fingerprint density at radius 3 is 2.73 bits per heavy atom. The van der Waals surface area contributed by atoms with Gasteiger partial charge < -0.3 is 5.32 Å². The van der Waals surface area contributed by atoms with Crippen molar-refractivity contribution in [3.05, 3.63) is 53.7 Å². The third kappa shape index (κ3) is 3.94. The fourth-order valence-corrected chi connectivity index (χ4v) is 4.84. The molecule has 1 N–H and O–H groups in total. The Hall–Kier alpha value is -2.25. The fraction of sp³-hybridized carbons (Fsp3) is 0.368. The zero-order chi connectivity index (χ0) is 18.7. The van der Waals surface area contributed by atoms with E-state index in [-0.39, 0.29) is 22.4 Å². The van der Waals surface area contributed by atoms with Crippen LogP contribution >= 0.6 is 0 Å². The van der Waals surface area contributed by atoms with Gasteiger partial charge in [0, 0.05) is 24.3 Å². The molecule has 2 heterocycles. The minimum absolute atomic E-state index is 0.0250. The first kappa shape index (κ1) is 18.5. The summed E-state index contributed by atoms with van der Waals surface area (Å²) in [6.45, 7) is 4.36. The summed E-state index contributed by atoms with van der Waals surface area (Å²) in [6, 6.07) is 9.70. The Bertz CT molecular complexity index is 895. The van der Waals surface area contributed by atoms with Crippen LogP contribution in [-0.2, 0) is 10.0 Å². The van der Waals surface area contributed by atoms with Crippen molar-refractivity contribution >= 4 is 21.7 Å². The number of nitrogens with zero attached hydrogens (tertiary/aromatic N) is 2. The molecule has 1 unspecified atom stereocenters. The van der Waals surface area contributed by atoms with Gasteiger partial charge in [-0.3, -0.25) is 4.79 Å². The number of nitrogens with one attached hydrogen (secondary N) is 1. The van der Waals surface area contributed by atoms with Gasteiger partial charge in [-0.15, -0.1) is 0 Å². The van der Waals surface area contributed by atoms with Gasteiger partial charge in [-0.05, 0) is 56.5 Å². The lowest BCUT2D eigenvalue weighted by Crippen LogP contribution is -2.41. The Morgan fingerprint density at radius 1 is 1.23 bits per heavy atom. The van der Waals surface area contributed by atoms with Crippen molar-refractivity contribution in [1.29, 1.82) is 0 Å². The lowest BCUT2D eigenvalue weighted by molar-refractivity contribution is 0.102. The number of benzene rings is 1. The van der Waals surface area contributed by atoms with E-state index in [1.165, 1.54) is 16.4 Å². The van der Waals surface area contributed by atoms with Crippen LogP contribution in [0.4, 0.5) is 5.82 Å². The van der Waals surface area contributed by atoms with Crippen LogP contribution in [0.15, 0.2) is 47.5 Å². The van der Waals surface area contributed by atoms with E-state index in [1.54, 1.807) is 24.4 Å². The molecule has 1 aliphatic rings. The molecule has 1 aliphatic heterocycles. The van der Waals surface area contributed by atoms with E-state index in [9.17, 15) is 13.2 Å². The van der Waals surface area contributed by atoms with E-state index in [1.807, 2.05) is 19.9 Å². The highest BCUT2D eigenvalue weighted by Crippen LogP contribution is 2.25. The smallest absolute Gasteiger partial charge is 0.256 e. The number of amides is 1. The number of carbonyl (C=O) groups excluding carboxylic acids is 1. The van der Waals surface area contributed by atoms with Crippen molar-refractivity contribution in [3.63, 3.8) is 0 Å². The molecule has 1 fully saturated rings. The van der Waals surface area contributed by atoms with Gasteiger partial charge in [-0.2, -0.15) is 4.31 Å². The van der Waals surface area contributed by atoms with Gasteiger partial charge >= 0.3 is 0 Å². The number of carbonyl (C=O) groups is 1. The van der Waals surface area contributed by atoms with E-state index in [2.05, 4.69) is 10.3 Å². The summed E-state index contributed by atoms with van der Waals surface area (Å²) >= 11 is 0. The average molecular weight is 373 g/mol. The molecule has 7 heteroatoms. The lowest BCUT2D eigenvalue weighted by atomic mass is 10.1. The van der Waals surface area contributed by atoms with E-state index in [0.29, 0.717) is 12.4 Å². The van der Waals surface area contributed by atoms with Crippen molar-refractivity contribution in [2.75, 3.05) is 11.9 Å². The summed E-state index contributed by atoms with van der Waals surface area (Å²) in [5.74, 6) is 0.0450. The minimum Gasteiger partial charge on any atom is -0.307 e. The van der Waals surface area contributed by atoms with E-state index in [0.717, 1.165) is 24.8 Å². The highest BCUT2D eigenvalue weighted by Gasteiger charge is 2.31. The summed E-state index contributed by atoms with van der Waals surface area (Å²) < 4.78 is 27.4. The topological polar surface area (TPSA) is 79.4 Å². The van der Waals surface area contributed by atoms with E-state index >= 15 is 0 Å². The summed E-state index contributed by atoms with van der Waals surface area (Å²) in [6.07, 6.45) is 4.43. The first-order valence-corrected chi connectivity index (χ1v) is 10.2. The summed E-state index contributed by atoms with van der Waals surface area (Å²) in [4.78, 5) is 16.7. The minimum atomic E-state index is -3.61. The maximum Gasteiger partial charge on any atom is 0.256 e. The number of aryl methyl sites for hydroxylation is 1. The Kier molecular flexibility index (Phi) is 5.38. The number of pyridine rings is 1. The molecule has 0 spiro atoms. The number of anilines is 1. The first-order valence-electron chi connectivity index (χ1n) is 8.74. The van der Waals surface area contributed by atoms with Crippen molar-refractivity contribution < 1.29 is 13.2 Å². The molecular formula is C19H23N3O3S. The van der Waals surface area contributed by atoms with Gasteiger partial charge in [0.25, 0.3) is 5.91 Å². The SMILES string of the molecule is Cc1ccc(NC(=O)c2cccc(S(=O)(=O)N3CCCCC3C)c2)nc1. The molecule has 0 aliphatic carbocycles. The van der Waals surface area contributed by atoms with Crippen LogP contribution in [0.25, 0.3) is 0 Å². The molecule has 0 saturated carbocycles. The molecule has 26 heavy (non-hydrogen) atoms. The third-order valence-corrected chi connectivity index (χ3v) is 6.61. The standard InChI is InChI=1S/C19H23N3O3S/c1-14-9-10-18(20-13-14)21-19(23)16-7-5-8-17(12-16)26(24,25)22-11-4-3-6-15(22)2/h5,7-10,12-13,15H,3-4,6,11H2,1-2H3,(H,20,21,23). The number of hydrogen-bond donors (Lipinski definition) is 1. The third-order valence-electron chi connectivity index (χ3n) is 4.60. The molecule has 1 aromatic heterocycles. The lowest BCUT2D eigenvalue weighted by Gasteiger charge is -2.32.